The number of nitrogens with one attached hydrogen (secondary N) is 1. The van der Waals surface area contributed by atoms with Gasteiger partial charge in [-0.15, -0.1) is 0 Å². The molecular formula is C12H19NO. The van der Waals surface area contributed by atoms with Crippen molar-refractivity contribution in [2.75, 3.05) is 6.54 Å². The Morgan fingerprint density at radius 1 is 1.21 bits per heavy atom. The van der Waals surface area contributed by atoms with Crippen LogP contribution in [0.5, 0.6) is 0 Å². The Morgan fingerprint density at radius 3 is 2.43 bits per heavy atom. The van der Waals surface area contributed by atoms with Gasteiger partial charge in [-0.3, -0.25) is 0 Å². The van der Waals surface area contributed by atoms with E-state index in [-0.39, 0.29) is 6.10 Å². The third-order valence-electron chi connectivity index (χ3n) is 2.31. The van der Waals surface area contributed by atoms with Crippen molar-refractivity contribution in [2.45, 2.75) is 32.4 Å². The summed E-state index contributed by atoms with van der Waals surface area (Å²) in [7, 11) is 0. The summed E-state index contributed by atoms with van der Waals surface area (Å²) in [6.07, 6.45) is 0.586. The van der Waals surface area contributed by atoms with Crippen molar-refractivity contribution in [3.8, 4) is 0 Å². The molecule has 0 saturated heterocycles. The SMILES string of the molecule is C[C@@H](O)CCN[C@H](C)c1ccccc1. The van der Waals surface area contributed by atoms with E-state index < -0.39 is 0 Å². The van der Waals surface area contributed by atoms with Crippen molar-refractivity contribution in [2.24, 2.45) is 0 Å². The van der Waals surface area contributed by atoms with Gasteiger partial charge in [0.15, 0.2) is 0 Å². The van der Waals surface area contributed by atoms with Crippen LogP contribution >= 0.6 is 0 Å². The molecule has 0 unspecified atom stereocenters. The highest BCUT2D eigenvalue weighted by atomic mass is 16.3. The van der Waals surface area contributed by atoms with E-state index in [2.05, 4.69) is 24.4 Å². The standard InChI is InChI=1S/C12H19NO/c1-10(14)8-9-13-11(2)12-6-4-3-5-7-12/h3-7,10-11,13-14H,8-9H2,1-2H3/t10-,11-/m1/s1. The molecule has 0 spiro atoms. The molecule has 0 aliphatic heterocycles. The molecule has 0 aliphatic carbocycles. The maximum Gasteiger partial charge on any atom is 0.0524 e. The average Bonchev–Trinajstić information content (AvgIpc) is 2.18. The first-order chi connectivity index (χ1) is 6.70. The Hall–Kier alpha value is -0.860. The summed E-state index contributed by atoms with van der Waals surface area (Å²) in [5.74, 6) is 0. The monoisotopic (exact) mass is 193 g/mol. The Kier molecular flexibility index (Phi) is 4.63. The fourth-order valence-electron chi connectivity index (χ4n) is 1.37. The summed E-state index contributed by atoms with van der Waals surface area (Å²) < 4.78 is 0. The van der Waals surface area contributed by atoms with Crippen LogP contribution in [0.1, 0.15) is 31.9 Å². The molecule has 0 fully saturated rings. The summed E-state index contributed by atoms with van der Waals surface area (Å²) in [5.41, 5.74) is 1.29. The Bertz CT molecular complexity index is 246. The largest absolute Gasteiger partial charge is 0.393 e. The zero-order valence-electron chi connectivity index (χ0n) is 8.90. The maximum absolute atomic E-state index is 9.10. The minimum atomic E-state index is -0.217. The molecule has 0 amide bonds. The highest BCUT2D eigenvalue weighted by molar-refractivity contribution is 5.17. The molecule has 2 heteroatoms. The number of hydrogen-bond donors (Lipinski definition) is 2. The van der Waals surface area contributed by atoms with E-state index in [4.69, 9.17) is 5.11 Å². The van der Waals surface area contributed by atoms with Crippen LogP contribution in [-0.4, -0.2) is 17.8 Å². The molecule has 0 radical (unpaired) electrons. The third kappa shape index (κ3) is 3.90. The second kappa shape index (κ2) is 5.78. The number of aliphatic hydroxyl groups is 1. The number of hydrogen-bond acceptors (Lipinski definition) is 2. The second-order valence-corrected chi connectivity index (χ2v) is 3.72. The number of rotatable bonds is 5. The topological polar surface area (TPSA) is 32.3 Å². The van der Waals surface area contributed by atoms with Crippen LogP contribution in [0.4, 0.5) is 0 Å². The van der Waals surface area contributed by atoms with Crippen molar-refractivity contribution >= 4 is 0 Å². The van der Waals surface area contributed by atoms with Gasteiger partial charge in [-0.05, 0) is 32.4 Å². The minimum absolute atomic E-state index is 0.217. The van der Waals surface area contributed by atoms with E-state index in [9.17, 15) is 0 Å². The van der Waals surface area contributed by atoms with Crippen LogP contribution < -0.4 is 5.32 Å². The molecule has 0 heterocycles. The van der Waals surface area contributed by atoms with Crippen molar-refractivity contribution in [3.63, 3.8) is 0 Å². The van der Waals surface area contributed by atoms with Gasteiger partial charge in [0.25, 0.3) is 0 Å². The van der Waals surface area contributed by atoms with E-state index in [1.54, 1.807) is 0 Å². The molecule has 0 aliphatic rings. The lowest BCUT2D eigenvalue weighted by atomic mass is 10.1. The van der Waals surface area contributed by atoms with Gasteiger partial charge >= 0.3 is 0 Å². The fraction of sp³-hybridized carbons (Fsp3) is 0.500. The highest BCUT2D eigenvalue weighted by Gasteiger charge is 2.03. The zero-order valence-corrected chi connectivity index (χ0v) is 8.90. The van der Waals surface area contributed by atoms with E-state index in [0.717, 1.165) is 13.0 Å². The summed E-state index contributed by atoms with van der Waals surface area (Å²) in [4.78, 5) is 0. The number of aliphatic hydroxyl groups excluding tert-OH is 1. The van der Waals surface area contributed by atoms with Crippen LogP contribution in [0, 0.1) is 0 Å². The highest BCUT2D eigenvalue weighted by Crippen LogP contribution is 2.10. The first kappa shape index (κ1) is 11.2. The Labute approximate surface area is 86.0 Å². The summed E-state index contributed by atoms with van der Waals surface area (Å²) in [6.45, 7) is 4.81. The molecule has 78 valence electrons. The Morgan fingerprint density at radius 2 is 1.86 bits per heavy atom. The average molecular weight is 193 g/mol. The molecular weight excluding hydrogens is 174 g/mol. The van der Waals surface area contributed by atoms with Crippen molar-refractivity contribution in [1.82, 2.24) is 5.32 Å². The molecule has 14 heavy (non-hydrogen) atoms. The van der Waals surface area contributed by atoms with Gasteiger partial charge in [-0.25, -0.2) is 0 Å². The Balaban J connectivity index is 2.32. The summed E-state index contributed by atoms with van der Waals surface area (Å²) in [5, 5.41) is 12.5. The predicted molar refractivity (Wildman–Crippen MR) is 59.2 cm³/mol. The first-order valence-electron chi connectivity index (χ1n) is 5.16. The first-order valence-corrected chi connectivity index (χ1v) is 5.16. The molecule has 1 aromatic carbocycles. The van der Waals surface area contributed by atoms with Crippen molar-refractivity contribution < 1.29 is 5.11 Å². The van der Waals surface area contributed by atoms with E-state index in [1.807, 2.05) is 25.1 Å². The van der Waals surface area contributed by atoms with Crippen LogP contribution in [0.25, 0.3) is 0 Å². The third-order valence-corrected chi connectivity index (χ3v) is 2.31. The van der Waals surface area contributed by atoms with Gasteiger partial charge in [0.1, 0.15) is 0 Å². The fourth-order valence-corrected chi connectivity index (χ4v) is 1.37. The smallest absolute Gasteiger partial charge is 0.0524 e. The van der Waals surface area contributed by atoms with Gasteiger partial charge in [-0.2, -0.15) is 0 Å². The second-order valence-electron chi connectivity index (χ2n) is 3.72. The molecule has 0 bridgehead atoms. The molecule has 0 saturated carbocycles. The van der Waals surface area contributed by atoms with E-state index >= 15 is 0 Å². The molecule has 1 aromatic rings. The predicted octanol–water partition coefficient (Wildman–Crippen LogP) is 2.11. The molecule has 1 rings (SSSR count). The lowest BCUT2D eigenvalue weighted by molar-refractivity contribution is 0.182. The van der Waals surface area contributed by atoms with Gasteiger partial charge in [0.2, 0.25) is 0 Å². The van der Waals surface area contributed by atoms with Crippen LogP contribution in [0.3, 0.4) is 0 Å². The minimum Gasteiger partial charge on any atom is -0.393 e. The number of benzene rings is 1. The van der Waals surface area contributed by atoms with E-state index in [0.29, 0.717) is 6.04 Å². The van der Waals surface area contributed by atoms with Crippen LogP contribution in [0.15, 0.2) is 30.3 Å². The quantitative estimate of drug-likeness (QED) is 0.750. The van der Waals surface area contributed by atoms with Crippen LogP contribution in [-0.2, 0) is 0 Å². The van der Waals surface area contributed by atoms with Gasteiger partial charge in [0.05, 0.1) is 6.10 Å². The maximum atomic E-state index is 9.10. The lowest BCUT2D eigenvalue weighted by Gasteiger charge is -2.14. The lowest BCUT2D eigenvalue weighted by Crippen LogP contribution is -2.22. The van der Waals surface area contributed by atoms with Gasteiger partial charge in [0, 0.05) is 6.04 Å². The molecule has 2 nitrogen and oxygen atoms in total. The molecule has 2 N–H and O–H groups in total. The van der Waals surface area contributed by atoms with Crippen molar-refractivity contribution in [1.29, 1.82) is 0 Å². The summed E-state index contributed by atoms with van der Waals surface area (Å²) >= 11 is 0. The summed E-state index contributed by atoms with van der Waals surface area (Å²) in [6, 6.07) is 10.7. The van der Waals surface area contributed by atoms with Gasteiger partial charge in [-0.1, -0.05) is 30.3 Å². The molecule has 2 atom stereocenters. The zero-order chi connectivity index (χ0) is 10.4. The van der Waals surface area contributed by atoms with Crippen LogP contribution in [0.2, 0.25) is 0 Å². The normalized spacial score (nSPS) is 15.1. The van der Waals surface area contributed by atoms with Crippen molar-refractivity contribution in [3.05, 3.63) is 35.9 Å². The van der Waals surface area contributed by atoms with E-state index in [1.165, 1.54) is 5.56 Å². The molecule has 0 aromatic heterocycles. The van der Waals surface area contributed by atoms with Gasteiger partial charge < -0.3 is 10.4 Å².